The maximum absolute atomic E-state index is 12.5. The first kappa shape index (κ1) is 23.4. The van der Waals surface area contributed by atoms with E-state index in [0.29, 0.717) is 12.6 Å². The van der Waals surface area contributed by atoms with Crippen LogP contribution in [0.4, 0.5) is 0 Å². The van der Waals surface area contributed by atoms with Crippen LogP contribution in [0.3, 0.4) is 0 Å². The van der Waals surface area contributed by atoms with Gasteiger partial charge in [0, 0.05) is 41.8 Å². The van der Waals surface area contributed by atoms with Gasteiger partial charge in [0.05, 0.1) is 6.54 Å². The van der Waals surface area contributed by atoms with E-state index in [9.17, 15) is 4.79 Å². The van der Waals surface area contributed by atoms with E-state index in [1.807, 2.05) is 20.8 Å². The average molecular weight is 438 g/mol. The van der Waals surface area contributed by atoms with Crippen LogP contribution in [0.5, 0.6) is 0 Å². The zero-order chi connectivity index (χ0) is 22.9. The highest BCUT2D eigenvalue weighted by molar-refractivity contribution is 5.83. The quantitative estimate of drug-likeness (QED) is 0.609. The summed E-state index contributed by atoms with van der Waals surface area (Å²) in [5, 5.41) is 4.46. The summed E-state index contributed by atoms with van der Waals surface area (Å²) in [4.78, 5) is 15.3. The summed E-state index contributed by atoms with van der Waals surface area (Å²) in [5.74, 6) is 1.88. The van der Waals surface area contributed by atoms with Crippen molar-refractivity contribution in [2.75, 3.05) is 13.1 Å². The number of nitrogens with one attached hydrogen (secondary N) is 1. The number of hydrogen-bond donors (Lipinski definition) is 1. The van der Waals surface area contributed by atoms with Crippen LogP contribution in [0.1, 0.15) is 84.9 Å². The van der Waals surface area contributed by atoms with Crippen molar-refractivity contribution in [1.29, 1.82) is 0 Å². The Balaban J connectivity index is 1.44. The molecule has 176 valence electrons. The van der Waals surface area contributed by atoms with Crippen molar-refractivity contribution in [3.8, 4) is 0 Å². The Morgan fingerprint density at radius 3 is 2.28 bits per heavy atom. The zero-order valence-electron chi connectivity index (χ0n) is 20.9. The summed E-state index contributed by atoms with van der Waals surface area (Å²) >= 11 is 0. The molecular weight excluding hydrogens is 394 g/mol. The molecule has 1 aromatic carbocycles. The molecule has 1 aliphatic heterocycles. The van der Waals surface area contributed by atoms with E-state index >= 15 is 0 Å². The number of likely N-dealkylation sites (tertiary alicyclic amines) is 1. The van der Waals surface area contributed by atoms with Crippen LogP contribution in [0, 0.1) is 17.3 Å². The van der Waals surface area contributed by atoms with Gasteiger partial charge in [0.1, 0.15) is 0 Å². The second kappa shape index (κ2) is 9.59. The van der Waals surface area contributed by atoms with E-state index in [2.05, 4.69) is 59.0 Å². The molecule has 2 fully saturated rings. The predicted octanol–water partition coefficient (Wildman–Crippen LogP) is 6.16. The van der Waals surface area contributed by atoms with Crippen LogP contribution >= 0.6 is 0 Å². The molecule has 1 saturated heterocycles. The predicted molar refractivity (Wildman–Crippen MR) is 134 cm³/mol. The van der Waals surface area contributed by atoms with Crippen molar-refractivity contribution < 1.29 is 4.79 Å². The Morgan fingerprint density at radius 1 is 1.00 bits per heavy atom. The minimum absolute atomic E-state index is 0.112. The normalized spacial score (nSPS) is 23.7. The summed E-state index contributed by atoms with van der Waals surface area (Å²) in [7, 11) is 0. The second-order valence-electron chi connectivity index (χ2n) is 11.6. The van der Waals surface area contributed by atoms with Crippen molar-refractivity contribution in [3.05, 3.63) is 36.0 Å². The molecule has 4 heteroatoms. The van der Waals surface area contributed by atoms with E-state index < -0.39 is 0 Å². The van der Waals surface area contributed by atoms with Gasteiger partial charge in [-0.3, -0.25) is 4.79 Å². The maximum atomic E-state index is 12.5. The van der Waals surface area contributed by atoms with Gasteiger partial charge < -0.3 is 14.8 Å². The third-order valence-electron chi connectivity index (χ3n) is 8.00. The SMILES string of the molecule is CC(C)C1CCC(N2CCC(n3c(CNC(=O)C(C)(C)C)cc4ccccc43)CC2)CC1. The van der Waals surface area contributed by atoms with Crippen LogP contribution in [0.25, 0.3) is 10.9 Å². The molecule has 1 aromatic heterocycles. The maximum Gasteiger partial charge on any atom is 0.225 e. The van der Waals surface area contributed by atoms with Crippen molar-refractivity contribution in [3.63, 3.8) is 0 Å². The third kappa shape index (κ3) is 5.06. The number of benzene rings is 1. The molecule has 2 aliphatic rings. The molecule has 1 saturated carbocycles. The molecule has 1 aliphatic carbocycles. The lowest BCUT2D eigenvalue weighted by molar-refractivity contribution is -0.128. The first-order valence-electron chi connectivity index (χ1n) is 12.8. The van der Waals surface area contributed by atoms with E-state index in [1.54, 1.807) is 0 Å². The summed E-state index contributed by atoms with van der Waals surface area (Å²) in [6, 6.07) is 12.3. The van der Waals surface area contributed by atoms with Crippen LogP contribution in [-0.2, 0) is 11.3 Å². The van der Waals surface area contributed by atoms with Gasteiger partial charge in [-0.2, -0.15) is 0 Å². The first-order valence-corrected chi connectivity index (χ1v) is 12.8. The minimum Gasteiger partial charge on any atom is -0.350 e. The lowest BCUT2D eigenvalue weighted by Crippen LogP contribution is -2.44. The number of fused-ring (bicyclic) bond motifs is 1. The number of piperidine rings is 1. The van der Waals surface area contributed by atoms with Crippen molar-refractivity contribution >= 4 is 16.8 Å². The van der Waals surface area contributed by atoms with E-state index in [0.717, 1.165) is 17.9 Å². The van der Waals surface area contributed by atoms with E-state index in [-0.39, 0.29) is 11.3 Å². The average Bonchev–Trinajstić information content (AvgIpc) is 3.15. The Labute approximate surface area is 194 Å². The van der Waals surface area contributed by atoms with Gasteiger partial charge in [-0.05, 0) is 67.9 Å². The van der Waals surface area contributed by atoms with Gasteiger partial charge in [-0.25, -0.2) is 0 Å². The van der Waals surface area contributed by atoms with Gasteiger partial charge in [0.15, 0.2) is 0 Å². The van der Waals surface area contributed by atoms with E-state index in [4.69, 9.17) is 0 Å². The Morgan fingerprint density at radius 2 is 1.66 bits per heavy atom. The number of rotatable bonds is 5. The van der Waals surface area contributed by atoms with Gasteiger partial charge in [-0.1, -0.05) is 52.8 Å². The van der Waals surface area contributed by atoms with Crippen molar-refractivity contribution in [2.45, 2.75) is 91.8 Å². The lowest BCUT2D eigenvalue weighted by atomic mass is 9.79. The molecule has 0 spiro atoms. The third-order valence-corrected chi connectivity index (χ3v) is 8.00. The monoisotopic (exact) mass is 437 g/mol. The summed E-state index contributed by atoms with van der Waals surface area (Å²) in [5.41, 5.74) is 2.18. The first-order chi connectivity index (χ1) is 15.2. The molecule has 4 rings (SSSR count). The van der Waals surface area contributed by atoms with Crippen molar-refractivity contribution in [1.82, 2.24) is 14.8 Å². The minimum atomic E-state index is -0.364. The summed E-state index contributed by atoms with van der Waals surface area (Å²) in [6.45, 7) is 13.7. The number of carbonyl (C=O) groups is 1. The molecule has 0 unspecified atom stereocenters. The molecule has 2 heterocycles. The fourth-order valence-electron chi connectivity index (χ4n) is 5.88. The molecule has 4 nitrogen and oxygen atoms in total. The smallest absolute Gasteiger partial charge is 0.225 e. The van der Waals surface area contributed by atoms with Crippen LogP contribution in [0.15, 0.2) is 30.3 Å². The Hall–Kier alpha value is -1.81. The topological polar surface area (TPSA) is 37.3 Å². The highest BCUT2D eigenvalue weighted by Gasteiger charge is 2.31. The van der Waals surface area contributed by atoms with Gasteiger partial charge >= 0.3 is 0 Å². The number of para-hydroxylation sites is 1. The number of hydrogen-bond acceptors (Lipinski definition) is 2. The van der Waals surface area contributed by atoms with Crippen molar-refractivity contribution in [2.24, 2.45) is 17.3 Å². The highest BCUT2D eigenvalue weighted by Crippen LogP contribution is 2.36. The zero-order valence-corrected chi connectivity index (χ0v) is 20.9. The van der Waals surface area contributed by atoms with Gasteiger partial charge in [-0.15, -0.1) is 0 Å². The standard InChI is InChI=1S/C28H43N3O/c1-20(2)21-10-12-23(13-11-21)30-16-14-24(15-17-30)31-25(19-29-27(32)28(3,4)5)18-22-8-6-7-9-26(22)31/h6-9,18,20-21,23-24H,10-17,19H2,1-5H3,(H,29,32). The van der Waals surface area contributed by atoms with E-state index in [1.165, 1.54) is 68.2 Å². The molecular formula is C28H43N3O. The summed E-state index contributed by atoms with van der Waals surface area (Å²) < 4.78 is 2.53. The van der Waals surface area contributed by atoms with Crippen LogP contribution in [-0.4, -0.2) is 34.5 Å². The molecule has 0 atom stereocenters. The number of carbonyl (C=O) groups excluding carboxylic acids is 1. The Kier molecular flexibility index (Phi) is 7.00. The number of amides is 1. The molecule has 0 radical (unpaired) electrons. The highest BCUT2D eigenvalue weighted by atomic mass is 16.2. The van der Waals surface area contributed by atoms with Crippen LogP contribution in [0.2, 0.25) is 0 Å². The lowest BCUT2D eigenvalue weighted by Gasteiger charge is -2.42. The fraction of sp³-hybridized carbons (Fsp3) is 0.679. The summed E-state index contributed by atoms with van der Waals surface area (Å²) in [6.07, 6.45) is 7.96. The molecule has 1 N–H and O–H groups in total. The number of nitrogens with zero attached hydrogens (tertiary/aromatic N) is 2. The van der Waals surface area contributed by atoms with Crippen LogP contribution < -0.4 is 5.32 Å². The molecule has 0 bridgehead atoms. The Bertz CT molecular complexity index is 906. The van der Waals surface area contributed by atoms with Gasteiger partial charge in [0.25, 0.3) is 0 Å². The molecule has 32 heavy (non-hydrogen) atoms. The van der Waals surface area contributed by atoms with Gasteiger partial charge in [0.2, 0.25) is 5.91 Å². The molecule has 2 aromatic rings. The second-order valence-corrected chi connectivity index (χ2v) is 11.6. The molecule has 1 amide bonds. The number of aromatic nitrogens is 1. The largest absolute Gasteiger partial charge is 0.350 e. The fourth-order valence-corrected chi connectivity index (χ4v) is 5.88.